The molecule has 0 fully saturated rings. The number of aryl methyl sites for hydroxylation is 1. The lowest BCUT2D eigenvalue weighted by Crippen LogP contribution is -2.26. The minimum absolute atomic E-state index is 0.258. The van der Waals surface area contributed by atoms with Crippen LogP contribution in [0.5, 0.6) is 5.75 Å². The maximum Gasteiger partial charge on any atom is 0.120 e. The van der Waals surface area contributed by atoms with E-state index in [1.165, 1.54) is 11.1 Å². The SMILES string of the molecule is Cc1cccc(NCC(O)COc2cccc(Br)c2)c1C. The molecule has 1 unspecified atom stereocenters. The zero-order valence-electron chi connectivity index (χ0n) is 12.3. The number of rotatable bonds is 6. The average molecular weight is 350 g/mol. The summed E-state index contributed by atoms with van der Waals surface area (Å²) in [7, 11) is 0. The maximum absolute atomic E-state index is 10.0. The van der Waals surface area contributed by atoms with E-state index >= 15 is 0 Å². The summed E-state index contributed by atoms with van der Waals surface area (Å²) in [4.78, 5) is 0. The van der Waals surface area contributed by atoms with Crippen molar-refractivity contribution in [3.8, 4) is 5.75 Å². The molecule has 21 heavy (non-hydrogen) atoms. The number of aliphatic hydroxyl groups is 1. The summed E-state index contributed by atoms with van der Waals surface area (Å²) in [6.45, 7) is 4.86. The highest BCUT2D eigenvalue weighted by molar-refractivity contribution is 9.10. The molecule has 0 aromatic heterocycles. The Morgan fingerprint density at radius 2 is 1.95 bits per heavy atom. The van der Waals surface area contributed by atoms with Crippen LogP contribution >= 0.6 is 15.9 Å². The van der Waals surface area contributed by atoms with Gasteiger partial charge in [0, 0.05) is 16.7 Å². The summed E-state index contributed by atoms with van der Waals surface area (Å²) >= 11 is 3.39. The van der Waals surface area contributed by atoms with Gasteiger partial charge in [-0.2, -0.15) is 0 Å². The molecule has 0 amide bonds. The van der Waals surface area contributed by atoms with Crippen molar-refractivity contribution in [2.75, 3.05) is 18.5 Å². The Balaban J connectivity index is 1.82. The van der Waals surface area contributed by atoms with Crippen LogP contribution in [-0.2, 0) is 0 Å². The second-order valence-corrected chi connectivity index (χ2v) is 5.97. The van der Waals surface area contributed by atoms with Crippen LogP contribution in [0.25, 0.3) is 0 Å². The molecule has 112 valence electrons. The number of hydrogen-bond donors (Lipinski definition) is 2. The zero-order valence-corrected chi connectivity index (χ0v) is 13.9. The summed E-state index contributed by atoms with van der Waals surface area (Å²) in [5.74, 6) is 0.746. The molecule has 0 aliphatic carbocycles. The maximum atomic E-state index is 10.0. The topological polar surface area (TPSA) is 41.5 Å². The molecule has 0 saturated carbocycles. The van der Waals surface area contributed by atoms with Gasteiger partial charge in [0.25, 0.3) is 0 Å². The first-order valence-electron chi connectivity index (χ1n) is 6.93. The number of nitrogens with one attached hydrogen (secondary N) is 1. The second kappa shape index (κ2) is 7.48. The van der Waals surface area contributed by atoms with Crippen molar-refractivity contribution < 1.29 is 9.84 Å². The van der Waals surface area contributed by atoms with Gasteiger partial charge in [-0.3, -0.25) is 0 Å². The van der Waals surface area contributed by atoms with Crippen molar-refractivity contribution in [3.63, 3.8) is 0 Å². The summed E-state index contributed by atoms with van der Waals surface area (Å²) in [5.41, 5.74) is 3.49. The van der Waals surface area contributed by atoms with Crippen molar-refractivity contribution in [1.29, 1.82) is 0 Å². The highest BCUT2D eigenvalue weighted by Gasteiger charge is 2.07. The third-order valence-electron chi connectivity index (χ3n) is 3.37. The van der Waals surface area contributed by atoms with E-state index in [1.807, 2.05) is 36.4 Å². The van der Waals surface area contributed by atoms with Gasteiger partial charge in [0.2, 0.25) is 0 Å². The fourth-order valence-electron chi connectivity index (χ4n) is 1.98. The highest BCUT2D eigenvalue weighted by Crippen LogP contribution is 2.19. The molecule has 0 spiro atoms. The van der Waals surface area contributed by atoms with E-state index in [0.717, 1.165) is 15.9 Å². The van der Waals surface area contributed by atoms with Crippen LogP contribution in [0.3, 0.4) is 0 Å². The summed E-state index contributed by atoms with van der Waals surface area (Å²) in [6, 6.07) is 13.7. The summed E-state index contributed by atoms with van der Waals surface area (Å²) < 4.78 is 6.53. The van der Waals surface area contributed by atoms with Crippen LogP contribution in [0.4, 0.5) is 5.69 Å². The van der Waals surface area contributed by atoms with Gasteiger partial charge in [0.1, 0.15) is 18.5 Å². The van der Waals surface area contributed by atoms with Crippen molar-refractivity contribution >= 4 is 21.6 Å². The molecule has 2 rings (SSSR count). The number of aliphatic hydroxyl groups excluding tert-OH is 1. The Bertz CT molecular complexity index is 601. The predicted octanol–water partition coefficient (Wildman–Crippen LogP) is 3.92. The molecule has 2 N–H and O–H groups in total. The Labute approximate surface area is 134 Å². The van der Waals surface area contributed by atoms with Crippen LogP contribution in [0.15, 0.2) is 46.9 Å². The molecule has 0 saturated heterocycles. The quantitative estimate of drug-likeness (QED) is 0.830. The minimum Gasteiger partial charge on any atom is -0.491 e. The molecule has 0 aliphatic heterocycles. The first kappa shape index (κ1) is 15.9. The normalized spacial score (nSPS) is 12.0. The number of ether oxygens (including phenoxy) is 1. The molecule has 3 nitrogen and oxygen atoms in total. The number of hydrogen-bond acceptors (Lipinski definition) is 3. The van der Waals surface area contributed by atoms with E-state index in [4.69, 9.17) is 4.74 Å². The molecule has 0 aliphatic rings. The first-order chi connectivity index (χ1) is 10.1. The van der Waals surface area contributed by atoms with Crippen molar-refractivity contribution in [1.82, 2.24) is 0 Å². The van der Waals surface area contributed by atoms with Crippen molar-refractivity contribution in [2.45, 2.75) is 20.0 Å². The number of benzene rings is 2. The Kier molecular flexibility index (Phi) is 5.65. The van der Waals surface area contributed by atoms with Gasteiger partial charge in [-0.1, -0.05) is 34.1 Å². The van der Waals surface area contributed by atoms with Crippen LogP contribution in [0.1, 0.15) is 11.1 Å². The van der Waals surface area contributed by atoms with Gasteiger partial charge < -0.3 is 15.2 Å². The lowest BCUT2D eigenvalue weighted by Gasteiger charge is -2.16. The minimum atomic E-state index is -0.566. The summed E-state index contributed by atoms with van der Waals surface area (Å²) in [6.07, 6.45) is -0.566. The van der Waals surface area contributed by atoms with E-state index in [9.17, 15) is 5.11 Å². The number of anilines is 1. The van der Waals surface area contributed by atoms with Crippen LogP contribution < -0.4 is 10.1 Å². The molecule has 0 bridgehead atoms. The molecular formula is C17H20BrNO2. The molecule has 0 heterocycles. The third kappa shape index (κ3) is 4.76. The largest absolute Gasteiger partial charge is 0.491 e. The van der Waals surface area contributed by atoms with Gasteiger partial charge >= 0.3 is 0 Å². The lowest BCUT2D eigenvalue weighted by molar-refractivity contribution is 0.117. The Morgan fingerprint density at radius 1 is 1.19 bits per heavy atom. The molecule has 0 radical (unpaired) electrons. The molecule has 1 atom stereocenters. The standard InChI is InChI=1S/C17H20BrNO2/c1-12-5-3-8-17(13(12)2)19-10-15(20)11-21-16-7-4-6-14(18)9-16/h3-9,15,19-20H,10-11H2,1-2H3. The monoisotopic (exact) mass is 349 g/mol. The molecule has 4 heteroatoms. The average Bonchev–Trinajstić information content (AvgIpc) is 2.47. The van der Waals surface area contributed by atoms with Crippen molar-refractivity contribution in [2.24, 2.45) is 0 Å². The fourth-order valence-corrected chi connectivity index (χ4v) is 2.36. The van der Waals surface area contributed by atoms with Crippen molar-refractivity contribution in [3.05, 3.63) is 58.1 Å². The molecular weight excluding hydrogens is 330 g/mol. The zero-order chi connectivity index (χ0) is 15.2. The van der Waals surface area contributed by atoms with E-state index in [0.29, 0.717) is 6.54 Å². The Hall–Kier alpha value is -1.52. The van der Waals surface area contributed by atoms with Gasteiger partial charge in [-0.05, 0) is 49.2 Å². The van der Waals surface area contributed by atoms with Crippen LogP contribution in [0.2, 0.25) is 0 Å². The van der Waals surface area contributed by atoms with Gasteiger partial charge in [-0.25, -0.2) is 0 Å². The predicted molar refractivity (Wildman–Crippen MR) is 90.0 cm³/mol. The Morgan fingerprint density at radius 3 is 2.71 bits per heavy atom. The van der Waals surface area contributed by atoms with Crippen LogP contribution in [0, 0.1) is 13.8 Å². The van der Waals surface area contributed by atoms with E-state index in [2.05, 4.69) is 41.2 Å². The van der Waals surface area contributed by atoms with Crippen LogP contribution in [-0.4, -0.2) is 24.4 Å². The molecule has 2 aromatic rings. The smallest absolute Gasteiger partial charge is 0.120 e. The third-order valence-corrected chi connectivity index (χ3v) is 3.86. The fraction of sp³-hybridized carbons (Fsp3) is 0.294. The second-order valence-electron chi connectivity index (χ2n) is 5.05. The molecule has 2 aromatic carbocycles. The van der Waals surface area contributed by atoms with Gasteiger partial charge in [-0.15, -0.1) is 0 Å². The first-order valence-corrected chi connectivity index (χ1v) is 7.72. The van der Waals surface area contributed by atoms with Gasteiger partial charge in [0.15, 0.2) is 0 Å². The van der Waals surface area contributed by atoms with E-state index in [1.54, 1.807) is 0 Å². The summed E-state index contributed by atoms with van der Waals surface area (Å²) in [5, 5.41) is 13.3. The number of halogens is 1. The highest BCUT2D eigenvalue weighted by atomic mass is 79.9. The van der Waals surface area contributed by atoms with E-state index < -0.39 is 6.10 Å². The van der Waals surface area contributed by atoms with Gasteiger partial charge in [0.05, 0.1) is 0 Å². The van der Waals surface area contributed by atoms with E-state index in [-0.39, 0.29) is 6.61 Å². The lowest BCUT2D eigenvalue weighted by atomic mass is 10.1.